The fourth-order valence-corrected chi connectivity index (χ4v) is 3.16. The average Bonchev–Trinajstić information content (AvgIpc) is 2.64. The molecule has 0 aliphatic carbocycles. The van der Waals surface area contributed by atoms with Crippen LogP contribution in [-0.2, 0) is 4.79 Å². The molecule has 1 N–H and O–H groups in total. The molecule has 2 saturated heterocycles. The number of amides is 1. The van der Waals surface area contributed by atoms with Crippen LogP contribution >= 0.6 is 11.8 Å². The molecule has 2 aliphatic rings. The van der Waals surface area contributed by atoms with Gasteiger partial charge in [0.05, 0.1) is 5.75 Å². The second kappa shape index (κ2) is 4.74. The lowest BCUT2D eigenvalue weighted by atomic mass is 9.78. The van der Waals surface area contributed by atoms with Crippen LogP contribution in [0.1, 0.15) is 19.3 Å². The lowest BCUT2D eigenvalue weighted by Crippen LogP contribution is -2.40. The molecule has 0 radical (unpaired) electrons. The van der Waals surface area contributed by atoms with Crippen molar-refractivity contribution in [1.82, 2.24) is 10.2 Å². The van der Waals surface area contributed by atoms with Gasteiger partial charge in [-0.1, -0.05) is 0 Å². The van der Waals surface area contributed by atoms with E-state index >= 15 is 0 Å². The Hall–Kier alpha value is -0.220. The minimum absolute atomic E-state index is 0.331. The van der Waals surface area contributed by atoms with Gasteiger partial charge in [0.2, 0.25) is 5.91 Å². The third-order valence-electron chi connectivity index (χ3n) is 3.72. The van der Waals surface area contributed by atoms with Crippen LogP contribution in [-0.4, -0.2) is 49.0 Å². The lowest BCUT2D eigenvalue weighted by Gasteiger charge is -2.33. The minimum Gasteiger partial charge on any atom is -0.341 e. The van der Waals surface area contributed by atoms with Crippen molar-refractivity contribution in [2.24, 2.45) is 5.41 Å². The minimum atomic E-state index is 0.331. The molecular weight excluding hydrogens is 208 g/mol. The maximum Gasteiger partial charge on any atom is 0.232 e. The van der Waals surface area contributed by atoms with E-state index in [0.717, 1.165) is 26.2 Å². The summed E-state index contributed by atoms with van der Waals surface area (Å²) in [6.07, 6.45) is 5.70. The van der Waals surface area contributed by atoms with E-state index in [4.69, 9.17) is 0 Å². The Kier molecular flexibility index (Phi) is 3.57. The van der Waals surface area contributed by atoms with Crippen molar-refractivity contribution in [3.05, 3.63) is 0 Å². The van der Waals surface area contributed by atoms with Crippen molar-refractivity contribution in [3.8, 4) is 0 Å². The maximum absolute atomic E-state index is 11.8. The Balaban J connectivity index is 1.90. The van der Waals surface area contributed by atoms with Crippen LogP contribution < -0.4 is 5.32 Å². The fraction of sp³-hybridized carbons (Fsp3) is 0.909. The second-order valence-corrected chi connectivity index (χ2v) is 5.61. The molecule has 3 nitrogen and oxygen atoms in total. The number of rotatable bonds is 2. The molecule has 1 amide bonds. The van der Waals surface area contributed by atoms with Crippen molar-refractivity contribution in [2.45, 2.75) is 19.3 Å². The molecule has 2 heterocycles. The predicted molar refractivity (Wildman–Crippen MR) is 64.1 cm³/mol. The quantitative estimate of drug-likeness (QED) is 0.764. The molecule has 2 fully saturated rings. The summed E-state index contributed by atoms with van der Waals surface area (Å²) in [6, 6.07) is 0. The second-order valence-electron chi connectivity index (χ2n) is 4.75. The molecule has 1 spiro atoms. The zero-order valence-electron chi connectivity index (χ0n) is 9.42. The largest absolute Gasteiger partial charge is 0.341 e. The van der Waals surface area contributed by atoms with Gasteiger partial charge in [-0.3, -0.25) is 4.79 Å². The van der Waals surface area contributed by atoms with Gasteiger partial charge in [0.25, 0.3) is 0 Å². The standard InChI is InChI=1S/C11H20N2OS/c1-15-8-10(14)13-7-4-11(9-13)2-5-12-6-3-11/h12H,2-9H2,1H3. The number of nitrogens with zero attached hydrogens (tertiary/aromatic N) is 1. The highest BCUT2D eigenvalue weighted by Gasteiger charge is 2.40. The summed E-state index contributed by atoms with van der Waals surface area (Å²) in [5, 5.41) is 3.40. The molecule has 86 valence electrons. The van der Waals surface area contributed by atoms with E-state index in [9.17, 15) is 4.79 Å². The number of carbonyl (C=O) groups is 1. The molecule has 2 rings (SSSR count). The average molecular weight is 228 g/mol. The van der Waals surface area contributed by atoms with Crippen molar-refractivity contribution in [2.75, 3.05) is 38.2 Å². The van der Waals surface area contributed by atoms with Crippen molar-refractivity contribution >= 4 is 17.7 Å². The summed E-state index contributed by atoms with van der Waals surface area (Å²) in [5.74, 6) is 0.979. The zero-order chi connectivity index (χ0) is 10.7. The first-order valence-corrected chi connectivity index (χ1v) is 7.13. The van der Waals surface area contributed by atoms with Gasteiger partial charge in [0.1, 0.15) is 0 Å². The first-order valence-electron chi connectivity index (χ1n) is 5.73. The van der Waals surface area contributed by atoms with E-state index < -0.39 is 0 Å². The molecule has 2 aliphatic heterocycles. The molecule has 0 saturated carbocycles. The molecule has 0 aromatic heterocycles. The van der Waals surface area contributed by atoms with Crippen molar-refractivity contribution in [3.63, 3.8) is 0 Å². The van der Waals surface area contributed by atoms with E-state index in [-0.39, 0.29) is 0 Å². The van der Waals surface area contributed by atoms with E-state index in [1.807, 2.05) is 6.26 Å². The highest BCUT2D eigenvalue weighted by molar-refractivity contribution is 7.99. The summed E-state index contributed by atoms with van der Waals surface area (Å²) in [6.45, 7) is 4.25. The molecule has 4 heteroatoms. The van der Waals surface area contributed by atoms with E-state index in [1.165, 1.54) is 19.3 Å². The Labute approximate surface area is 96.0 Å². The topological polar surface area (TPSA) is 32.3 Å². The molecule has 0 aromatic rings. The van der Waals surface area contributed by atoms with Crippen LogP contribution in [0.4, 0.5) is 0 Å². The van der Waals surface area contributed by atoms with Gasteiger partial charge in [0, 0.05) is 13.1 Å². The zero-order valence-corrected chi connectivity index (χ0v) is 10.2. The van der Waals surface area contributed by atoms with Gasteiger partial charge >= 0.3 is 0 Å². The van der Waals surface area contributed by atoms with Gasteiger partial charge < -0.3 is 10.2 Å². The molecule has 0 unspecified atom stereocenters. The van der Waals surface area contributed by atoms with Gasteiger partial charge in [0.15, 0.2) is 0 Å². The SMILES string of the molecule is CSCC(=O)N1CCC2(CCNCC2)C1. The van der Waals surface area contributed by atoms with Crippen molar-refractivity contribution < 1.29 is 4.79 Å². The molecular formula is C11H20N2OS. The normalized spacial score (nSPS) is 24.7. The number of thioether (sulfide) groups is 1. The van der Waals surface area contributed by atoms with Gasteiger partial charge in [-0.25, -0.2) is 0 Å². The van der Waals surface area contributed by atoms with E-state index in [1.54, 1.807) is 11.8 Å². The first kappa shape index (κ1) is 11.3. The number of nitrogens with one attached hydrogen (secondary N) is 1. The van der Waals surface area contributed by atoms with Crippen molar-refractivity contribution in [1.29, 1.82) is 0 Å². The molecule has 0 bridgehead atoms. The summed E-state index contributed by atoms with van der Waals surface area (Å²) < 4.78 is 0. The Morgan fingerprint density at radius 1 is 1.40 bits per heavy atom. The predicted octanol–water partition coefficient (Wildman–Crippen LogP) is 0.952. The summed E-state index contributed by atoms with van der Waals surface area (Å²) >= 11 is 1.63. The Morgan fingerprint density at radius 3 is 2.80 bits per heavy atom. The third kappa shape index (κ3) is 2.48. The lowest BCUT2D eigenvalue weighted by molar-refractivity contribution is -0.127. The van der Waals surface area contributed by atoms with Crippen LogP contribution in [0.5, 0.6) is 0 Å². The molecule has 0 aromatic carbocycles. The summed E-state index contributed by atoms with van der Waals surface area (Å²) in [7, 11) is 0. The van der Waals surface area contributed by atoms with Gasteiger partial charge in [-0.15, -0.1) is 0 Å². The Morgan fingerprint density at radius 2 is 2.13 bits per heavy atom. The van der Waals surface area contributed by atoms with Crippen LogP contribution in [0.2, 0.25) is 0 Å². The molecule has 0 atom stereocenters. The molecule has 15 heavy (non-hydrogen) atoms. The Bertz CT molecular complexity index is 239. The van der Waals surface area contributed by atoms with E-state index in [2.05, 4.69) is 10.2 Å². The number of likely N-dealkylation sites (tertiary alicyclic amines) is 1. The monoisotopic (exact) mass is 228 g/mol. The number of piperidine rings is 1. The maximum atomic E-state index is 11.8. The van der Waals surface area contributed by atoms with Crippen LogP contribution in [0, 0.1) is 5.41 Å². The summed E-state index contributed by atoms with van der Waals surface area (Å²) in [5.41, 5.74) is 0.458. The highest BCUT2D eigenvalue weighted by atomic mass is 32.2. The number of hydrogen-bond acceptors (Lipinski definition) is 3. The highest BCUT2D eigenvalue weighted by Crippen LogP contribution is 2.38. The van der Waals surface area contributed by atoms with E-state index in [0.29, 0.717) is 17.1 Å². The number of hydrogen-bond donors (Lipinski definition) is 1. The third-order valence-corrected chi connectivity index (χ3v) is 4.26. The van der Waals surface area contributed by atoms with Gasteiger partial charge in [-0.05, 0) is 44.0 Å². The smallest absolute Gasteiger partial charge is 0.232 e. The van der Waals surface area contributed by atoms with Crippen LogP contribution in [0.15, 0.2) is 0 Å². The van der Waals surface area contributed by atoms with Crippen LogP contribution in [0.25, 0.3) is 0 Å². The van der Waals surface area contributed by atoms with Crippen LogP contribution in [0.3, 0.4) is 0 Å². The fourth-order valence-electron chi connectivity index (χ4n) is 2.73. The number of carbonyl (C=O) groups excluding carboxylic acids is 1. The first-order chi connectivity index (χ1) is 7.26. The van der Waals surface area contributed by atoms with Gasteiger partial charge in [-0.2, -0.15) is 11.8 Å². The summed E-state index contributed by atoms with van der Waals surface area (Å²) in [4.78, 5) is 13.8.